The van der Waals surface area contributed by atoms with Gasteiger partial charge in [-0.05, 0) is 32.0 Å². The van der Waals surface area contributed by atoms with Gasteiger partial charge in [0.15, 0.2) is 5.76 Å². The minimum Gasteiger partial charge on any atom is -0.453 e. The highest BCUT2D eigenvalue weighted by Crippen LogP contribution is 2.21. The number of carbonyl (C=O) groups excluding carboxylic acids is 1. The molecule has 2 heteroatoms. The molecule has 0 unspecified atom stereocenters. The van der Waals surface area contributed by atoms with Gasteiger partial charge in [-0.2, -0.15) is 0 Å². The molecule has 80 valence electrons. The molecule has 0 bridgehead atoms. The van der Waals surface area contributed by atoms with Crippen molar-refractivity contribution in [1.82, 2.24) is 0 Å². The molecule has 0 fully saturated rings. The highest BCUT2D eigenvalue weighted by molar-refractivity contribution is 5.98. The summed E-state index contributed by atoms with van der Waals surface area (Å²) in [6.45, 7) is 3.73. The van der Waals surface area contributed by atoms with Crippen molar-refractivity contribution in [2.75, 3.05) is 0 Å². The lowest BCUT2D eigenvalue weighted by molar-refractivity contribution is 0.0974. The molecule has 1 aromatic heterocycles. The molecule has 2 nitrogen and oxygen atoms in total. The van der Waals surface area contributed by atoms with E-state index in [4.69, 9.17) is 4.42 Å². The van der Waals surface area contributed by atoms with E-state index in [9.17, 15) is 4.79 Å². The van der Waals surface area contributed by atoms with Crippen LogP contribution in [0, 0.1) is 18.8 Å². The van der Waals surface area contributed by atoms with Crippen molar-refractivity contribution < 1.29 is 9.21 Å². The average Bonchev–Trinajstić information content (AvgIpc) is 2.68. The summed E-state index contributed by atoms with van der Waals surface area (Å²) < 4.78 is 5.46. The van der Waals surface area contributed by atoms with Crippen LogP contribution in [0.5, 0.6) is 0 Å². The Labute approximate surface area is 94.3 Å². The van der Waals surface area contributed by atoms with Gasteiger partial charge in [-0.3, -0.25) is 4.79 Å². The summed E-state index contributed by atoms with van der Waals surface area (Å²) in [7, 11) is 0. The second-order valence-electron chi connectivity index (χ2n) is 3.68. The zero-order valence-electron chi connectivity index (χ0n) is 9.33. The predicted molar refractivity (Wildman–Crippen MR) is 63.3 cm³/mol. The maximum Gasteiger partial charge on any atom is 0.209 e. The number of hydrogen-bond acceptors (Lipinski definition) is 2. The summed E-state index contributed by atoms with van der Waals surface area (Å²) in [6.07, 6.45) is 0.218. The molecular formula is C14H12O2. The first-order chi connectivity index (χ1) is 7.70. The lowest BCUT2D eigenvalue weighted by Gasteiger charge is -1.89. The summed E-state index contributed by atoms with van der Waals surface area (Å²) in [5, 5.41) is 0.966. The maximum absolute atomic E-state index is 11.7. The van der Waals surface area contributed by atoms with Crippen molar-refractivity contribution >= 4 is 16.8 Å². The number of ketones is 1. The van der Waals surface area contributed by atoms with Gasteiger partial charge in [0.25, 0.3) is 0 Å². The number of rotatable bonds is 2. The fourth-order valence-electron chi connectivity index (χ4n) is 1.56. The first kappa shape index (κ1) is 10.5. The molecule has 0 radical (unpaired) electrons. The molecule has 16 heavy (non-hydrogen) atoms. The summed E-state index contributed by atoms with van der Waals surface area (Å²) in [5.74, 6) is 5.77. The van der Waals surface area contributed by atoms with E-state index in [0.29, 0.717) is 5.76 Å². The Hall–Kier alpha value is -2.01. The van der Waals surface area contributed by atoms with Crippen molar-refractivity contribution in [3.63, 3.8) is 0 Å². The van der Waals surface area contributed by atoms with Gasteiger partial charge in [0, 0.05) is 5.39 Å². The van der Waals surface area contributed by atoms with Gasteiger partial charge < -0.3 is 4.42 Å². The highest BCUT2D eigenvalue weighted by Gasteiger charge is 2.10. The number of hydrogen-bond donors (Lipinski definition) is 0. The quantitative estimate of drug-likeness (QED) is 0.564. The Kier molecular flexibility index (Phi) is 2.78. The monoisotopic (exact) mass is 212 g/mol. The van der Waals surface area contributed by atoms with E-state index in [0.717, 1.165) is 16.5 Å². The molecule has 0 aliphatic heterocycles. The first-order valence-corrected chi connectivity index (χ1v) is 5.13. The molecule has 0 aliphatic carbocycles. The standard InChI is InChI=1S/C14H12O2/c1-3-4-5-12(15)14-9-11-8-10(2)6-7-13(11)16-14/h6-9H,5H2,1-2H3. The van der Waals surface area contributed by atoms with Crippen molar-refractivity contribution in [3.05, 3.63) is 35.6 Å². The zero-order chi connectivity index (χ0) is 11.5. The average molecular weight is 212 g/mol. The van der Waals surface area contributed by atoms with Crippen molar-refractivity contribution in [2.24, 2.45) is 0 Å². The lowest BCUT2D eigenvalue weighted by atomic mass is 10.1. The zero-order valence-corrected chi connectivity index (χ0v) is 9.33. The van der Waals surface area contributed by atoms with Crippen LogP contribution < -0.4 is 0 Å². The SMILES string of the molecule is CC#CCC(=O)c1cc2cc(C)ccc2o1. The van der Waals surface area contributed by atoms with Gasteiger partial charge in [-0.25, -0.2) is 0 Å². The molecule has 0 spiro atoms. The number of fused-ring (bicyclic) bond motifs is 1. The predicted octanol–water partition coefficient (Wildman–Crippen LogP) is 3.34. The molecule has 0 aliphatic rings. The third-order valence-corrected chi connectivity index (χ3v) is 2.37. The summed E-state index contributed by atoms with van der Waals surface area (Å²) in [4.78, 5) is 11.7. The van der Waals surface area contributed by atoms with Crippen LogP contribution in [-0.2, 0) is 0 Å². The second kappa shape index (κ2) is 4.24. The Balaban J connectivity index is 2.38. The van der Waals surface area contributed by atoms with E-state index < -0.39 is 0 Å². The summed E-state index contributed by atoms with van der Waals surface area (Å²) in [5.41, 5.74) is 1.90. The van der Waals surface area contributed by atoms with E-state index >= 15 is 0 Å². The van der Waals surface area contributed by atoms with Crippen LogP contribution in [0.4, 0.5) is 0 Å². The van der Waals surface area contributed by atoms with E-state index in [2.05, 4.69) is 11.8 Å². The van der Waals surface area contributed by atoms with E-state index in [-0.39, 0.29) is 12.2 Å². The van der Waals surface area contributed by atoms with Crippen molar-refractivity contribution in [3.8, 4) is 11.8 Å². The number of Topliss-reactive ketones (excluding diaryl/α,β-unsaturated/α-hetero) is 1. The third-order valence-electron chi connectivity index (χ3n) is 2.37. The van der Waals surface area contributed by atoms with Gasteiger partial charge in [-0.15, -0.1) is 5.92 Å². The van der Waals surface area contributed by atoms with Crippen LogP contribution in [0.25, 0.3) is 11.0 Å². The Morgan fingerprint density at radius 1 is 1.38 bits per heavy atom. The van der Waals surface area contributed by atoms with Crippen LogP contribution >= 0.6 is 0 Å². The van der Waals surface area contributed by atoms with Crippen LogP contribution in [0.15, 0.2) is 28.7 Å². The number of aryl methyl sites for hydroxylation is 1. The maximum atomic E-state index is 11.7. The smallest absolute Gasteiger partial charge is 0.209 e. The summed E-state index contributed by atoms with van der Waals surface area (Å²) >= 11 is 0. The molecular weight excluding hydrogens is 200 g/mol. The van der Waals surface area contributed by atoms with E-state index in [1.807, 2.05) is 25.1 Å². The van der Waals surface area contributed by atoms with Crippen LogP contribution in [0.3, 0.4) is 0 Å². The molecule has 2 aromatic rings. The number of furan rings is 1. The molecule has 1 heterocycles. The Morgan fingerprint density at radius 2 is 2.19 bits per heavy atom. The van der Waals surface area contributed by atoms with Gasteiger partial charge in [-0.1, -0.05) is 17.6 Å². The first-order valence-electron chi connectivity index (χ1n) is 5.13. The normalized spacial score (nSPS) is 9.88. The third kappa shape index (κ3) is 1.99. The fourth-order valence-corrected chi connectivity index (χ4v) is 1.56. The van der Waals surface area contributed by atoms with E-state index in [1.165, 1.54) is 0 Å². The van der Waals surface area contributed by atoms with E-state index in [1.54, 1.807) is 13.0 Å². The molecule has 0 saturated carbocycles. The Morgan fingerprint density at radius 3 is 2.94 bits per heavy atom. The van der Waals surface area contributed by atoms with Crippen LogP contribution in [0.1, 0.15) is 29.5 Å². The largest absolute Gasteiger partial charge is 0.453 e. The molecule has 0 saturated heterocycles. The minimum absolute atomic E-state index is 0.0665. The van der Waals surface area contributed by atoms with Gasteiger partial charge in [0.2, 0.25) is 5.78 Å². The van der Waals surface area contributed by atoms with Gasteiger partial charge in [0.1, 0.15) is 5.58 Å². The Bertz CT molecular complexity index is 594. The minimum atomic E-state index is -0.0665. The second-order valence-corrected chi connectivity index (χ2v) is 3.68. The van der Waals surface area contributed by atoms with Crippen molar-refractivity contribution in [2.45, 2.75) is 20.3 Å². The summed E-state index contributed by atoms with van der Waals surface area (Å²) in [6, 6.07) is 7.63. The molecule has 2 rings (SSSR count). The van der Waals surface area contributed by atoms with Crippen LogP contribution in [0.2, 0.25) is 0 Å². The molecule has 0 atom stereocenters. The number of benzene rings is 1. The van der Waals surface area contributed by atoms with Gasteiger partial charge in [0.05, 0.1) is 6.42 Å². The van der Waals surface area contributed by atoms with Gasteiger partial charge >= 0.3 is 0 Å². The molecule has 0 N–H and O–H groups in total. The molecule has 0 amide bonds. The van der Waals surface area contributed by atoms with Crippen molar-refractivity contribution in [1.29, 1.82) is 0 Å². The number of carbonyl (C=O) groups is 1. The highest BCUT2D eigenvalue weighted by atomic mass is 16.3. The fraction of sp³-hybridized carbons (Fsp3) is 0.214. The lowest BCUT2D eigenvalue weighted by Crippen LogP contribution is -1.93. The molecule has 1 aromatic carbocycles. The topological polar surface area (TPSA) is 30.2 Å². The van der Waals surface area contributed by atoms with Crippen LogP contribution in [-0.4, -0.2) is 5.78 Å².